The van der Waals surface area contributed by atoms with Gasteiger partial charge in [0.1, 0.15) is 5.75 Å². The number of ether oxygens (including phenoxy) is 1. The lowest BCUT2D eigenvalue weighted by molar-refractivity contribution is -0.714. The molecule has 1 atom stereocenters. The van der Waals surface area contributed by atoms with Gasteiger partial charge in [0.2, 0.25) is 5.54 Å². The Morgan fingerprint density at radius 3 is 2.84 bits per heavy atom. The van der Waals surface area contributed by atoms with Crippen molar-refractivity contribution < 1.29 is 14.8 Å². The van der Waals surface area contributed by atoms with Crippen molar-refractivity contribution in [2.24, 2.45) is 0 Å². The van der Waals surface area contributed by atoms with Crippen LogP contribution in [0, 0.1) is 0 Å². The SMILES string of the molecule is CCOc1cc2c3c(c1)[C@]1([NH2+]CCc4c1[nH]c1ccccc41)C(=O)N3C(C)(C)C=C2C. The molecule has 5 heteroatoms. The Kier molecular flexibility index (Phi) is 3.63. The maximum atomic E-state index is 14.4. The summed E-state index contributed by atoms with van der Waals surface area (Å²) in [7, 11) is 0. The van der Waals surface area contributed by atoms with Crippen molar-refractivity contribution >= 4 is 28.1 Å². The number of H-pyrrole nitrogens is 1. The number of amides is 1. The van der Waals surface area contributed by atoms with Gasteiger partial charge in [0.05, 0.1) is 35.6 Å². The lowest BCUT2D eigenvalue weighted by Gasteiger charge is -2.39. The van der Waals surface area contributed by atoms with Crippen LogP contribution in [-0.4, -0.2) is 29.6 Å². The maximum Gasteiger partial charge on any atom is 0.300 e. The monoisotopic (exact) mass is 414 g/mol. The summed E-state index contributed by atoms with van der Waals surface area (Å²) in [5, 5.41) is 3.46. The minimum absolute atomic E-state index is 0.138. The van der Waals surface area contributed by atoms with Crippen LogP contribution in [0.1, 0.15) is 50.1 Å². The van der Waals surface area contributed by atoms with E-state index in [0.29, 0.717) is 6.61 Å². The van der Waals surface area contributed by atoms with Gasteiger partial charge in [-0.05, 0) is 57.0 Å². The van der Waals surface area contributed by atoms with Crippen molar-refractivity contribution in [1.29, 1.82) is 0 Å². The molecular formula is C26H28N3O2+. The van der Waals surface area contributed by atoms with E-state index in [2.05, 4.69) is 67.5 Å². The van der Waals surface area contributed by atoms with Crippen LogP contribution in [0.3, 0.4) is 0 Å². The number of para-hydroxylation sites is 1. The molecule has 0 fully saturated rings. The summed E-state index contributed by atoms with van der Waals surface area (Å²) in [6, 6.07) is 12.6. The lowest BCUT2D eigenvalue weighted by atomic mass is 9.81. The first-order valence-electron chi connectivity index (χ1n) is 11.2. The lowest BCUT2D eigenvalue weighted by Crippen LogP contribution is -2.99. The second-order valence-electron chi connectivity index (χ2n) is 9.50. The zero-order chi connectivity index (χ0) is 21.5. The van der Waals surface area contributed by atoms with E-state index in [1.165, 1.54) is 16.5 Å². The summed E-state index contributed by atoms with van der Waals surface area (Å²) in [5.74, 6) is 0.966. The Morgan fingerprint density at radius 2 is 2.03 bits per heavy atom. The fourth-order valence-electron chi connectivity index (χ4n) is 6.09. The van der Waals surface area contributed by atoms with Gasteiger partial charge in [-0.3, -0.25) is 9.69 Å². The average Bonchev–Trinajstić information content (AvgIpc) is 3.23. The number of aromatic nitrogens is 1. The Hall–Kier alpha value is -3.05. The number of rotatable bonds is 2. The van der Waals surface area contributed by atoms with Crippen LogP contribution < -0.4 is 15.0 Å². The van der Waals surface area contributed by atoms with Crippen molar-refractivity contribution in [2.45, 2.75) is 45.2 Å². The van der Waals surface area contributed by atoms with Crippen molar-refractivity contribution in [3.05, 3.63) is 64.9 Å². The van der Waals surface area contributed by atoms with Gasteiger partial charge in [-0.2, -0.15) is 0 Å². The average molecular weight is 415 g/mol. The van der Waals surface area contributed by atoms with Gasteiger partial charge in [0.15, 0.2) is 0 Å². The number of nitrogens with two attached hydrogens (primary N) is 1. The fraction of sp³-hybridized carbons (Fsp3) is 0.346. The fourth-order valence-corrected chi connectivity index (χ4v) is 6.09. The molecule has 3 aliphatic heterocycles. The molecule has 3 aromatic rings. The smallest absolute Gasteiger partial charge is 0.300 e. The summed E-state index contributed by atoms with van der Waals surface area (Å²) >= 11 is 0. The number of hydrogen-bond acceptors (Lipinski definition) is 2. The van der Waals surface area contributed by atoms with Crippen molar-refractivity contribution in [3.63, 3.8) is 0 Å². The van der Waals surface area contributed by atoms with Gasteiger partial charge < -0.3 is 15.0 Å². The number of hydrogen-bond donors (Lipinski definition) is 2. The molecule has 0 saturated carbocycles. The Labute approximate surface area is 182 Å². The number of nitrogens with zero attached hydrogens (tertiary/aromatic N) is 1. The van der Waals surface area contributed by atoms with E-state index in [-0.39, 0.29) is 5.91 Å². The third-order valence-electron chi connectivity index (χ3n) is 7.21. The third kappa shape index (κ3) is 2.22. The van der Waals surface area contributed by atoms with Gasteiger partial charge in [0, 0.05) is 22.9 Å². The van der Waals surface area contributed by atoms with Gasteiger partial charge in [-0.15, -0.1) is 0 Å². The van der Waals surface area contributed by atoms with Crippen LogP contribution in [-0.2, 0) is 16.8 Å². The standard InChI is InChI=1S/C26H27N3O2/c1-5-31-16-12-19-15(2)14-25(3,4)29-22(19)20(13-16)26(24(29)30)23-18(10-11-27-26)17-8-6-7-9-21(17)28-23/h6-9,12-14,27-28H,5,10-11H2,1-4H3/p+1/t26-/m1/s1. The number of nitrogens with one attached hydrogen (secondary N) is 1. The summed E-state index contributed by atoms with van der Waals surface area (Å²) in [6.45, 7) is 9.86. The molecule has 1 amide bonds. The highest BCUT2D eigenvalue weighted by molar-refractivity contribution is 6.14. The highest BCUT2D eigenvalue weighted by atomic mass is 16.5. The van der Waals surface area contributed by atoms with Gasteiger partial charge in [0.25, 0.3) is 0 Å². The molecule has 3 aliphatic rings. The van der Waals surface area contributed by atoms with E-state index in [9.17, 15) is 4.79 Å². The molecule has 0 saturated heterocycles. The summed E-state index contributed by atoms with van der Waals surface area (Å²) < 4.78 is 5.97. The number of quaternary nitrogens is 1. The molecular weight excluding hydrogens is 386 g/mol. The molecule has 31 heavy (non-hydrogen) atoms. The van der Waals surface area contributed by atoms with Crippen molar-refractivity contribution in [2.75, 3.05) is 18.1 Å². The largest absolute Gasteiger partial charge is 0.494 e. The van der Waals surface area contributed by atoms with E-state index in [0.717, 1.165) is 46.7 Å². The quantitative estimate of drug-likeness (QED) is 0.675. The summed E-state index contributed by atoms with van der Waals surface area (Å²) in [6.07, 6.45) is 3.16. The number of aromatic amines is 1. The molecule has 0 unspecified atom stereocenters. The first-order chi connectivity index (χ1) is 14.9. The number of carbonyl (C=O) groups excluding carboxylic acids is 1. The number of allylic oxidation sites excluding steroid dienone is 1. The molecule has 6 rings (SSSR count). The minimum Gasteiger partial charge on any atom is -0.494 e. The van der Waals surface area contributed by atoms with E-state index in [1.54, 1.807) is 0 Å². The van der Waals surface area contributed by atoms with Gasteiger partial charge in [-0.25, -0.2) is 0 Å². The molecule has 0 bridgehead atoms. The van der Waals surface area contributed by atoms with E-state index in [4.69, 9.17) is 4.74 Å². The van der Waals surface area contributed by atoms with E-state index in [1.807, 2.05) is 17.9 Å². The summed E-state index contributed by atoms with van der Waals surface area (Å²) in [4.78, 5) is 20.1. The van der Waals surface area contributed by atoms with Gasteiger partial charge in [-0.1, -0.05) is 24.3 Å². The molecule has 2 aromatic carbocycles. The van der Waals surface area contributed by atoms with Crippen LogP contribution in [0.4, 0.5) is 5.69 Å². The van der Waals surface area contributed by atoms with E-state index >= 15 is 0 Å². The Bertz CT molecular complexity index is 1300. The van der Waals surface area contributed by atoms with Gasteiger partial charge >= 0.3 is 5.91 Å². The molecule has 3 N–H and O–H groups in total. The summed E-state index contributed by atoms with van der Waals surface area (Å²) in [5.41, 5.74) is 6.58. The first kappa shape index (κ1) is 18.7. The Morgan fingerprint density at radius 1 is 1.23 bits per heavy atom. The van der Waals surface area contributed by atoms with Crippen LogP contribution in [0.5, 0.6) is 5.75 Å². The van der Waals surface area contributed by atoms with Crippen LogP contribution in [0.2, 0.25) is 0 Å². The van der Waals surface area contributed by atoms with E-state index < -0.39 is 11.1 Å². The number of carbonyl (C=O) groups is 1. The Balaban J connectivity index is 1.72. The van der Waals surface area contributed by atoms with Crippen molar-refractivity contribution in [1.82, 2.24) is 4.98 Å². The molecule has 4 heterocycles. The normalized spacial score (nSPS) is 23.2. The maximum absolute atomic E-state index is 14.4. The minimum atomic E-state index is -0.806. The second-order valence-corrected chi connectivity index (χ2v) is 9.50. The molecule has 1 spiro atoms. The van der Waals surface area contributed by atoms with Crippen molar-refractivity contribution in [3.8, 4) is 5.75 Å². The number of anilines is 1. The molecule has 0 radical (unpaired) electrons. The number of benzene rings is 2. The zero-order valence-corrected chi connectivity index (χ0v) is 18.5. The molecule has 0 aliphatic carbocycles. The molecule has 158 valence electrons. The first-order valence-corrected chi connectivity index (χ1v) is 11.2. The topological polar surface area (TPSA) is 61.9 Å². The predicted molar refractivity (Wildman–Crippen MR) is 122 cm³/mol. The molecule has 1 aromatic heterocycles. The second kappa shape index (κ2) is 6.01. The third-order valence-corrected chi connectivity index (χ3v) is 7.21. The predicted octanol–water partition coefficient (Wildman–Crippen LogP) is 3.47. The zero-order valence-electron chi connectivity index (χ0n) is 18.5. The number of fused-ring (bicyclic) bond motifs is 5. The van der Waals surface area contributed by atoms with Crippen LogP contribution in [0.15, 0.2) is 42.5 Å². The van der Waals surface area contributed by atoms with Crippen LogP contribution in [0.25, 0.3) is 16.5 Å². The highest BCUT2D eigenvalue weighted by Crippen LogP contribution is 2.54. The van der Waals surface area contributed by atoms with Crippen LogP contribution >= 0.6 is 0 Å². The highest BCUT2D eigenvalue weighted by Gasteiger charge is 2.63. The molecule has 5 nitrogen and oxygen atoms in total.